The quantitative estimate of drug-likeness (QED) is 0.579. The summed E-state index contributed by atoms with van der Waals surface area (Å²) >= 11 is 7.25. The second-order valence-corrected chi connectivity index (χ2v) is 8.32. The maximum absolute atomic E-state index is 6.27. The van der Waals surface area contributed by atoms with E-state index in [0.717, 1.165) is 28.6 Å². The molecule has 19 heavy (non-hydrogen) atoms. The van der Waals surface area contributed by atoms with Crippen LogP contribution in [-0.2, 0) is 11.3 Å². The van der Waals surface area contributed by atoms with Gasteiger partial charge in [-0.1, -0.05) is 45.7 Å². The minimum absolute atomic E-state index is 0.254. The van der Waals surface area contributed by atoms with Gasteiger partial charge in [0.1, 0.15) is 5.75 Å². The number of alkyl halides is 1. The van der Waals surface area contributed by atoms with Crippen molar-refractivity contribution >= 4 is 31.9 Å². The van der Waals surface area contributed by atoms with Crippen LogP contribution in [0.2, 0.25) is 0 Å². The maximum Gasteiger partial charge on any atom is 0.223 e. The first-order chi connectivity index (χ1) is 8.90. The molecule has 104 valence electrons. The number of hydrogen-bond acceptors (Lipinski definition) is 2. The van der Waals surface area contributed by atoms with E-state index in [1.165, 1.54) is 6.42 Å². The number of halogens is 2. The van der Waals surface area contributed by atoms with E-state index < -0.39 is 5.79 Å². The van der Waals surface area contributed by atoms with E-state index in [9.17, 15) is 0 Å². The maximum atomic E-state index is 6.27. The van der Waals surface area contributed by atoms with E-state index in [-0.39, 0.29) is 10.2 Å². The molecule has 2 atom stereocenters. The highest BCUT2D eigenvalue weighted by atomic mass is 79.9. The molecule has 1 spiro atoms. The number of benzene rings is 1. The third kappa shape index (κ3) is 2.59. The SMILES string of the molecule is CC1(C)CC[C@@H](Br)[C@]2(C1)OCc1cc(Br)ccc1O2. The molecule has 0 bridgehead atoms. The van der Waals surface area contributed by atoms with Crippen molar-refractivity contribution in [2.24, 2.45) is 5.41 Å². The Kier molecular flexibility index (Phi) is 3.47. The van der Waals surface area contributed by atoms with E-state index in [2.05, 4.69) is 51.8 Å². The number of rotatable bonds is 0. The Morgan fingerprint density at radius 3 is 2.89 bits per heavy atom. The Morgan fingerprint density at radius 2 is 2.11 bits per heavy atom. The normalized spacial score (nSPS) is 32.7. The first kappa shape index (κ1) is 13.9. The minimum Gasteiger partial charge on any atom is -0.461 e. The molecule has 0 unspecified atom stereocenters. The standard InChI is InChI=1S/C15H18Br2O2/c1-14(2)6-5-13(17)15(9-14)18-8-10-7-11(16)3-4-12(10)19-15/h3-4,7,13H,5-6,8-9H2,1-2H3/t13-,15-/m1/s1. The summed E-state index contributed by atoms with van der Waals surface area (Å²) in [7, 11) is 0. The second kappa shape index (κ2) is 4.74. The fraction of sp³-hybridized carbons (Fsp3) is 0.600. The van der Waals surface area contributed by atoms with Gasteiger partial charge in [0, 0.05) is 16.5 Å². The van der Waals surface area contributed by atoms with Crippen LogP contribution in [0.15, 0.2) is 22.7 Å². The van der Waals surface area contributed by atoms with Gasteiger partial charge >= 0.3 is 0 Å². The highest BCUT2D eigenvalue weighted by molar-refractivity contribution is 9.10. The lowest BCUT2D eigenvalue weighted by atomic mass is 9.74. The summed E-state index contributed by atoms with van der Waals surface area (Å²) in [6, 6.07) is 6.12. The van der Waals surface area contributed by atoms with Crippen LogP contribution >= 0.6 is 31.9 Å². The molecule has 0 radical (unpaired) electrons. The average Bonchev–Trinajstić information content (AvgIpc) is 2.34. The van der Waals surface area contributed by atoms with Crippen LogP contribution in [-0.4, -0.2) is 10.6 Å². The summed E-state index contributed by atoms with van der Waals surface area (Å²) in [6.07, 6.45) is 3.20. The molecule has 1 aromatic carbocycles. The molecule has 1 heterocycles. The highest BCUT2D eigenvalue weighted by Gasteiger charge is 2.50. The molecule has 1 aliphatic heterocycles. The smallest absolute Gasteiger partial charge is 0.223 e. The summed E-state index contributed by atoms with van der Waals surface area (Å²) < 4.78 is 13.5. The van der Waals surface area contributed by atoms with Gasteiger partial charge < -0.3 is 9.47 Å². The van der Waals surface area contributed by atoms with Gasteiger partial charge in [-0.15, -0.1) is 0 Å². The van der Waals surface area contributed by atoms with Gasteiger partial charge in [0.25, 0.3) is 0 Å². The first-order valence-corrected chi connectivity index (χ1v) is 8.37. The van der Waals surface area contributed by atoms with Crippen molar-refractivity contribution in [3.8, 4) is 5.75 Å². The summed E-state index contributed by atoms with van der Waals surface area (Å²) in [6.45, 7) is 5.20. The fourth-order valence-electron chi connectivity index (χ4n) is 3.02. The Bertz CT molecular complexity index is 501. The summed E-state index contributed by atoms with van der Waals surface area (Å²) in [5.74, 6) is 0.444. The molecule has 2 aliphatic rings. The molecule has 1 saturated carbocycles. The molecule has 0 amide bonds. The predicted molar refractivity (Wildman–Crippen MR) is 82.6 cm³/mol. The Morgan fingerprint density at radius 1 is 1.32 bits per heavy atom. The third-order valence-electron chi connectivity index (χ3n) is 4.05. The molecule has 0 saturated heterocycles. The molecule has 1 fully saturated rings. The molecule has 3 rings (SSSR count). The van der Waals surface area contributed by atoms with Crippen LogP contribution in [0.25, 0.3) is 0 Å². The monoisotopic (exact) mass is 388 g/mol. The van der Waals surface area contributed by atoms with Crippen molar-refractivity contribution in [3.05, 3.63) is 28.2 Å². The van der Waals surface area contributed by atoms with Crippen molar-refractivity contribution in [2.45, 2.75) is 50.3 Å². The zero-order valence-corrected chi connectivity index (χ0v) is 14.4. The minimum atomic E-state index is -0.511. The van der Waals surface area contributed by atoms with E-state index >= 15 is 0 Å². The highest BCUT2D eigenvalue weighted by Crippen LogP contribution is 2.49. The van der Waals surface area contributed by atoms with Gasteiger partial charge in [0.2, 0.25) is 5.79 Å². The van der Waals surface area contributed by atoms with E-state index in [1.807, 2.05) is 12.1 Å². The predicted octanol–water partition coefficient (Wildman–Crippen LogP) is 5.03. The van der Waals surface area contributed by atoms with Gasteiger partial charge in [0.05, 0.1) is 11.4 Å². The number of ether oxygens (including phenoxy) is 2. The van der Waals surface area contributed by atoms with Crippen LogP contribution in [0.1, 0.15) is 38.7 Å². The molecule has 1 aliphatic carbocycles. The molecular formula is C15H18Br2O2. The van der Waals surface area contributed by atoms with Crippen LogP contribution < -0.4 is 4.74 Å². The lowest BCUT2D eigenvalue weighted by Crippen LogP contribution is -2.54. The topological polar surface area (TPSA) is 18.5 Å². The van der Waals surface area contributed by atoms with Gasteiger partial charge in [-0.05, 0) is 36.5 Å². The van der Waals surface area contributed by atoms with Crippen LogP contribution in [0.3, 0.4) is 0 Å². The zero-order valence-electron chi connectivity index (χ0n) is 11.2. The Labute approximate surface area is 131 Å². The van der Waals surface area contributed by atoms with Crippen molar-refractivity contribution in [2.75, 3.05) is 0 Å². The van der Waals surface area contributed by atoms with Gasteiger partial charge in [0.15, 0.2) is 0 Å². The van der Waals surface area contributed by atoms with Crippen LogP contribution in [0, 0.1) is 5.41 Å². The second-order valence-electron chi connectivity index (χ2n) is 6.30. The van der Waals surface area contributed by atoms with Gasteiger partial charge in [-0.25, -0.2) is 0 Å². The first-order valence-electron chi connectivity index (χ1n) is 6.66. The molecular weight excluding hydrogens is 372 g/mol. The Balaban J connectivity index is 1.92. The van der Waals surface area contributed by atoms with Crippen molar-refractivity contribution in [3.63, 3.8) is 0 Å². The number of fused-ring (bicyclic) bond motifs is 1. The van der Waals surface area contributed by atoms with E-state index in [1.54, 1.807) is 0 Å². The largest absolute Gasteiger partial charge is 0.461 e. The van der Waals surface area contributed by atoms with Crippen molar-refractivity contribution in [1.82, 2.24) is 0 Å². The van der Waals surface area contributed by atoms with Crippen molar-refractivity contribution in [1.29, 1.82) is 0 Å². The summed E-state index contributed by atoms with van der Waals surface area (Å²) in [4.78, 5) is 0.254. The molecule has 0 aromatic heterocycles. The zero-order chi connectivity index (χ0) is 13.7. The lowest BCUT2D eigenvalue weighted by molar-refractivity contribution is -0.233. The molecule has 4 heteroatoms. The number of hydrogen-bond donors (Lipinski definition) is 0. The van der Waals surface area contributed by atoms with E-state index in [4.69, 9.17) is 9.47 Å². The lowest BCUT2D eigenvalue weighted by Gasteiger charge is -2.49. The van der Waals surface area contributed by atoms with Crippen LogP contribution in [0.4, 0.5) is 0 Å². The average molecular weight is 390 g/mol. The fourth-order valence-corrected chi connectivity index (χ4v) is 4.05. The van der Waals surface area contributed by atoms with Crippen LogP contribution in [0.5, 0.6) is 5.75 Å². The van der Waals surface area contributed by atoms with Gasteiger partial charge in [-0.3, -0.25) is 0 Å². The summed E-state index contributed by atoms with van der Waals surface area (Å²) in [5.41, 5.74) is 1.38. The van der Waals surface area contributed by atoms with Crippen molar-refractivity contribution < 1.29 is 9.47 Å². The summed E-state index contributed by atoms with van der Waals surface area (Å²) in [5, 5.41) is 0. The molecule has 1 aromatic rings. The third-order valence-corrected chi connectivity index (χ3v) is 5.70. The Hall–Kier alpha value is -0.0600. The molecule has 2 nitrogen and oxygen atoms in total. The van der Waals surface area contributed by atoms with Gasteiger partial charge in [-0.2, -0.15) is 0 Å². The molecule has 0 N–H and O–H groups in total. The van der Waals surface area contributed by atoms with E-state index in [0.29, 0.717) is 6.61 Å².